The summed E-state index contributed by atoms with van der Waals surface area (Å²) in [4.78, 5) is 12.5. The maximum atomic E-state index is 12.5. The van der Waals surface area contributed by atoms with Gasteiger partial charge in [0.15, 0.2) is 0 Å². The largest absolute Gasteiger partial charge is 0.462 e. The van der Waals surface area contributed by atoms with Crippen molar-refractivity contribution in [3.05, 3.63) is 58.9 Å². The quantitative estimate of drug-likeness (QED) is 0.370. The Balaban J connectivity index is 2.11. The number of rotatable bonds is 11. The second-order valence-corrected chi connectivity index (χ2v) is 6.97. The highest BCUT2D eigenvalue weighted by Crippen LogP contribution is 2.22. The van der Waals surface area contributed by atoms with E-state index in [1.165, 1.54) is 37.7 Å². The molecule has 142 valence electrons. The van der Waals surface area contributed by atoms with Gasteiger partial charge < -0.3 is 9.30 Å². The fourth-order valence-corrected chi connectivity index (χ4v) is 3.44. The Labute approximate surface area is 158 Å². The lowest BCUT2D eigenvalue weighted by Crippen LogP contribution is -2.09. The molecule has 1 aromatic carbocycles. The monoisotopic (exact) mass is 355 g/mol. The molecule has 0 aliphatic rings. The average molecular weight is 356 g/mol. The molecule has 0 aliphatic carbocycles. The lowest BCUT2D eigenvalue weighted by Gasteiger charge is -2.08. The zero-order chi connectivity index (χ0) is 18.8. The Morgan fingerprint density at radius 3 is 2.38 bits per heavy atom. The van der Waals surface area contributed by atoms with Crippen LogP contribution in [0.2, 0.25) is 0 Å². The van der Waals surface area contributed by atoms with Crippen LogP contribution < -0.4 is 0 Å². The molecule has 1 aromatic heterocycles. The maximum absolute atomic E-state index is 12.5. The molecule has 0 amide bonds. The van der Waals surface area contributed by atoms with Crippen molar-refractivity contribution in [2.45, 2.75) is 72.3 Å². The number of hydrogen-bond acceptors (Lipinski definition) is 2. The molecule has 0 bridgehead atoms. The number of benzene rings is 1. The predicted octanol–water partition coefficient (Wildman–Crippen LogP) is 5.92. The Hall–Kier alpha value is -2.03. The van der Waals surface area contributed by atoms with Crippen LogP contribution in [0.5, 0.6) is 0 Å². The highest BCUT2D eigenvalue weighted by Gasteiger charge is 2.20. The first-order chi connectivity index (χ1) is 12.7. The summed E-state index contributed by atoms with van der Waals surface area (Å²) >= 11 is 0. The minimum absolute atomic E-state index is 0.183. The highest BCUT2D eigenvalue weighted by atomic mass is 16.5. The van der Waals surface area contributed by atoms with Crippen molar-refractivity contribution < 1.29 is 9.53 Å². The van der Waals surface area contributed by atoms with Crippen LogP contribution in [0.3, 0.4) is 0 Å². The van der Waals surface area contributed by atoms with Crippen LogP contribution in [0.25, 0.3) is 0 Å². The van der Waals surface area contributed by atoms with Crippen LogP contribution in [0.1, 0.15) is 79.6 Å². The molecule has 0 atom stereocenters. The number of carbonyl (C=O) groups excluding carboxylic acids is 1. The van der Waals surface area contributed by atoms with Gasteiger partial charge in [0.2, 0.25) is 0 Å². The van der Waals surface area contributed by atoms with Gasteiger partial charge in [0.25, 0.3) is 0 Å². The molecule has 0 N–H and O–H groups in total. The standard InChI is InChI=1S/C23H33NO2/c1-4-6-7-8-9-13-16-21-18-24(17-20-14-11-10-12-15-20)19(3)22(21)23(25)26-5-2/h10-12,14-15,18H,4-9,13,16-17H2,1-3H3. The summed E-state index contributed by atoms with van der Waals surface area (Å²) < 4.78 is 7.51. The van der Waals surface area contributed by atoms with Gasteiger partial charge in [-0.15, -0.1) is 0 Å². The van der Waals surface area contributed by atoms with Crippen molar-refractivity contribution in [2.75, 3.05) is 6.61 Å². The average Bonchev–Trinajstić information content (AvgIpc) is 2.94. The minimum atomic E-state index is -0.183. The first kappa shape index (κ1) is 20.3. The molecule has 0 aliphatic heterocycles. The van der Waals surface area contributed by atoms with Gasteiger partial charge in [-0.25, -0.2) is 4.79 Å². The van der Waals surface area contributed by atoms with E-state index in [9.17, 15) is 4.79 Å². The topological polar surface area (TPSA) is 31.2 Å². The second-order valence-electron chi connectivity index (χ2n) is 6.97. The molecule has 2 aromatic rings. The number of nitrogens with zero attached hydrogens (tertiary/aromatic N) is 1. The Kier molecular flexibility index (Phi) is 8.46. The number of hydrogen-bond donors (Lipinski definition) is 0. The van der Waals surface area contributed by atoms with Crippen molar-refractivity contribution in [1.29, 1.82) is 0 Å². The molecule has 0 unspecified atom stereocenters. The van der Waals surface area contributed by atoms with Crippen LogP contribution in [0.4, 0.5) is 0 Å². The van der Waals surface area contributed by atoms with Gasteiger partial charge in [-0.2, -0.15) is 0 Å². The molecule has 0 radical (unpaired) electrons. The van der Waals surface area contributed by atoms with Gasteiger partial charge in [-0.05, 0) is 37.8 Å². The minimum Gasteiger partial charge on any atom is -0.462 e. The zero-order valence-corrected chi connectivity index (χ0v) is 16.6. The van der Waals surface area contributed by atoms with E-state index >= 15 is 0 Å². The van der Waals surface area contributed by atoms with Gasteiger partial charge >= 0.3 is 5.97 Å². The van der Waals surface area contributed by atoms with Crippen molar-refractivity contribution in [1.82, 2.24) is 4.57 Å². The molecule has 2 rings (SSSR count). The number of aryl methyl sites for hydroxylation is 1. The molecule has 26 heavy (non-hydrogen) atoms. The summed E-state index contributed by atoms with van der Waals surface area (Å²) in [6.07, 6.45) is 10.6. The Morgan fingerprint density at radius 2 is 1.69 bits per heavy atom. The molecular weight excluding hydrogens is 322 g/mol. The van der Waals surface area contributed by atoms with Crippen LogP contribution in [-0.4, -0.2) is 17.1 Å². The highest BCUT2D eigenvalue weighted by molar-refractivity contribution is 5.92. The smallest absolute Gasteiger partial charge is 0.340 e. The zero-order valence-electron chi connectivity index (χ0n) is 16.6. The molecule has 0 saturated heterocycles. The van der Waals surface area contributed by atoms with E-state index in [0.717, 1.165) is 36.2 Å². The Morgan fingerprint density at radius 1 is 1.00 bits per heavy atom. The van der Waals surface area contributed by atoms with Gasteiger partial charge in [0.05, 0.1) is 12.2 Å². The molecule has 0 fully saturated rings. The third kappa shape index (κ3) is 5.76. The molecule has 0 saturated carbocycles. The van der Waals surface area contributed by atoms with E-state index in [2.05, 4.69) is 42.0 Å². The van der Waals surface area contributed by atoms with E-state index < -0.39 is 0 Å². The summed E-state index contributed by atoms with van der Waals surface area (Å²) in [7, 11) is 0. The van der Waals surface area contributed by atoms with Crippen molar-refractivity contribution >= 4 is 5.97 Å². The third-order valence-electron chi connectivity index (χ3n) is 4.90. The SMILES string of the molecule is CCCCCCCCc1cn(Cc2ccccc2)c(C)c1C(=O)OCC. The fourth-order valence-electron chi connectivity index (χ4n) is 3.44. The van der Waals surface area contributed by atoms with Gasteiger partial charge in [-0.1, -0.05) is 69.4 Å². The van der Waals surface area contributed by atoms with Gasteiger partial charge in [-0.3, -0.25) is 0 Å². The van der Waals surface area contributed by atoms with E-state index in [1.807, 2.05) is 19.9 Å². The number of esters is 1. The molecule has 0 spiro atoms. The number of aromatic nitrogens is 1. The van der Waals surface area contributed by atoms with Crippen LogP contribution in [0.15, 0.2) is 36.5 Å². The molecular formula is C23H33NO2. The summed E-state index contributed by atoms with van der Waals surface area (Å²) in [5, 5.41) is 0. The predicted molar refractivity (Wildman–Crippen MR) is 108 cm³/mol. The van der Waals surface area contributed by atoms with E-state index in [1.54, 1.807) is 0 Å². The van der Waals surface area contributed by atoms with Crippen molar-refractivity contribution in [2.24, 2.45) is 0 Å². The maximum Gasteiger partial charge on any atom is 0.340 e. The summed E-state index contributed by atoms with van der Waals surface area (Å²) in [5.41, 5.74) is 4.16. The number of unbranched alkanes of at least 4 members (excludes halogenated alkanes) is 5. The van der Waals surface area contributed by atoms with Gasteiger partial charge in [0, 0.05) is 18.4 Å². The summed E-state index contributed by atoms with van der Waals surface area (Å²) in [5.74, 6) is -0.183. The van der Waals surface area contributed by atoms with Crippen molar-refractivity contribution in [3.63, 3.8) is 0 Å². The third-order valence-corrected chi connectivity index (χ3v) is 4.90. The molecule has 3 nitrogen and oxygen atoms in total. The van der Waals surface area contributed by atoms with Crippen LogP contribution in [0, 0.1) is 6.92 Å². The van der Waals surface area contributed by atoms with Crippen LogP contribution >= 0.6 is 0 Å². The first-order valence-electron chi connectivity index (χ1n) is 10.1. The van der Waals surface area contributed by atoms with E-state index in [0.29, 0.717) is 6.61 Å². The fraction of sp³-hybridized carbons (Fsp3) is 0.522. The van der Waals surface area contributed by atoms with Crippen LogP contribution in [-0.2, 0) is 17.7 Å². The van der Waals surface area contributed by atoms with Gasteiger partial charge in [0.1, 0.15) is 0 Å². The Bertz CT molecular complexity index is 673. The first-order valence-corrected chi connectivity index (χ1v) is 10.1. The molecule has 1 heterocycles. The number of carbonyl (C=O) groups is 1. The normalized spacial score (nSPS) is 10.9. The summed E-state index contributed by atoms with van der Waals surface area (Å²) in [6, 6.07) is 10.4. The van der Waals surface area contributed by atoms with E-state index in [-0.39, 0.29) is 5.97 Å². The van der Waals surface area contributed by atoms with E-state index in [4.69, 9.17) is 4.74 Å². The van der Waals surface area contributed by atoms with Crippen molar-refractivity contribution in [3.8, 4) is 0 Å². The lowest BCUT2D eigenvalue weighted by molar-refractivity contribution is 0.0524. The lowest BCUT2D eigenvalue weighted by atomic mass is 10.0. The molecule has 3 heteroatoms. The summed E-state index contributed by atoms with van der Waals surface area (Å²) in [6.45, 7) is 7.33. The second kappa shape index (κ2) is 10.8. The number of ether oxygens (including phenoxy) is 1.